The summed E-state index contributed by atoms with van der Waals surface area (Å²) < 4.78 is 12.9. The molecule has 2 atom stereocenters. The third kappa shape index (κ3) is 4.40. The highest BCUT2D eigenvalue weighted by molar-refractivity contribution is 6.19. The van der Waals surface area contributed by atoms with Crippen LogP contribution in [0.3, 0.4) is 0 Å². The molecule has 0 saturated heterocycles. The third-order valence-electron chi connectivity index (χ3n) is 12.2. The lowest BCUT2D eigenvalue weighted by Crippen LogP contribution is -2.07. The highest BCUT2D eigenvalue weighted by atomic mass is 16.5. The van der Waals surface area contributed by atoms with E-state index < -0.39 is 0 Å². The fraction of sp³-hybridized carbons (Fsp3) is 0.0769. The van der Waals surface area contributed by atoms with Gasteiger partial charge in [-0.1, -0.05) is 140 Å². The topological polar surface area (TPSA) is 22.4 Å². The fourth-order valence-electron chi connectivity index (χ4n) is 9.60. The second-order valence-electron chi connectivity index (χ2n) is 15.1. The number of benzene rings is 7. The number of para-hydroxylation sites is 1. The molecular weight excluding hydrogens is 657 g/mol. The minimum absolute atomic E-state index is 0.171. The van der Waals surface area contributed by atoms with Gasteiger partial charge in [0.15, 0.2) is 0 Å². The van der Waals surface area contributed by atoms with Gasteiger partial charge < -0.3 is 9.15 Å². The molecule has 2 unspecified atom stereocenters. The zero-order valence-corrected chi connectivity index (χ0v) is 29.6. The van der Waals surface area contributed by atoms with Gasteiger partial charge in [-0.05, 0) is 109 Å². The van der Waals surface area contributed by atoms with Crippen molar-refractivity contribution < 1.29 is 9.15 Å². The maximum Gasteiger partial charge on any atom is 0.143 e. The summed E-state index contributed by atoms with van der Waals surface area (Å²) in [5.41, 5.74) is 12.4. The summed E-state index contributed by atoms with van der Waals surface area (Å²) in [7, 11) is 0. The molecule has 3 aliphatic carbocycles. The lowest BCUT2D eigenvalue weighted by atomic mass is 9.78. The van der Waals surface area contributed by atoms with Crippen LogP contribution in [0.4, 0.5) is 0 Å². The average Bonchev–Trinajstić information content (AvgIpc) is 3.79. The Labute approximate surface area is 313 Å². The molecule has 0 spiro atoms. The quantitative estimate of drug-likeness (QED) is 0.172. The Hall–Kier alpha value is -6.64. The van der Waals surface area contributed by atoms with Crippen LogP contribution in [0.1, 0.15) is 35.4 Å². The standard InChI is InChI=1S/C52H34O2/c1-2-10-34-27-37(22-19-31(34)9-1)51-41-14-5-3-12-39(41)50(40-13-4-6-15-42(40)51)33-20-17-32(18-21-33)35-24-26-48-45(28-35)46-30-44-36(29-49(46)53-48)23-25-43-38-11-7-8-16-47(38)54-52(43)44/h1-26,29-30,34,45H,27-28H2. The molecule has 0 amide bonds. The van der Waals surface area contributed by atoms with Crippen LogP contribution in [0.25, 0.3) is 76.5 Å². The van der Waals surface area contributed by atoms with Crippen molar-refractivity contribution in [3.05, 3.63) is 198 Å². The van der Waals surface area contributed by atoms with Crippen LogP contribution in [-0.2, 0) is 0 Å². The zero-order chi connectivity index (χ0) is 35.3. The van der Waals surface area contributed by atoms with Crippen LogP contribution in [-0.4, -0.2) is 0 Å². The van der Waals surface area contributed by atoms with Gasteiger partial charge in [0.05, 0.1) is 0 Å². The average molecular weight is 691 g/mol. The third-order valence-corrected chi connectivity index (χ3v) is 12.2. The highest BCUT2D eigenvalue weighted by Crippen LogP contribution is 2.51. The minimum Gasteiger partial charge on any atom is -0.461 e. The monoisotopic (exact) mass is 690 g/mol. The van der Waals surface area contributed by atoms with Gasteiger partial charge in [0, 0.05) is 33.6 Å². The Balaban J connectivity index is 0.917. The minimum atomic E-state index is 0.171. The van der Waals surface area contributed by atoms with E-state index in [1.165, 1.54) is 66.1 Å². The smallest absolute Gasteiger partial charge is 0.143 e. The molecule has 4 aliphatic rings. The molecule has 12 rings (SSSR count). The summed E-state index contributed by atoms with van der Waals surface area (Å²) in [5, 5.41) is 9.81. The predicted octanol–water partition coefficient (Wildman–Crippen LogP) is 14.0. The Morgan fingerprint density at radius 1 is 0.519 bits per heavy atom. The molecule has 8 aromatic rings. The molecule has 0 fully saturated rings. The van der Waals surface area contributed by atoms with Crippen molar-refractivity contribution in [1.82, 2.24) is 0 Å². The maximum absolute atomic E-state index is 6.48. The van der Waals surface area contributed by atoms with Crippen molar-refractivity contribution in [2.24, 2.45) is 5.92 Å². The number of rotatable bonds is 3. The molecule has 54 heavy (non-hydrogen) atoms. The van der Waals surface area contributed by atoms with Crippen LogP contribution in [0, 0.1) is 5.92 Å². The number of allylic oxidation sites excluding steroid dienone is 12. The molecule has 0 bridgehead atoms. The van der Waals surface area contributed by atoms with E-state index >= 15 is 0 Å². The van der Waals surface area contributed by atoms with Crippen molar-refractivity contribution in [3.8, 4) is 16.9 Å². The molecule has 0 saturated carbocycles. The molecule has 2 heterocycles. The van der Waals surface area contributed by atoms with E-state index in [2.05, 4.69) is 164 Å². The summed E-state index contributed by atoms with van der Waals surface area (Å²) in [6.45, 7) is 0. The molecule has 2 nitrogen and oxygen atoms in total. The normalized spacial score (nSPS) is 18.7. The van der Waals surface area contributed by atoms with Crippen LogP contribution in [0.2, 0.25) is 0 Å². The van der Waals surface area contributed by atoms with Gasteiger partial charge in [-0.2, -0.15) is 0 Å². The summed E-state index contributed by atoms with van der Waals surface area (Å²) in [4.78, 5) is 0. The first-order valence-electron chi connectivity index (χ1n) is 19.0. The van der Waals surface area contributed by atoms with E-state index in [1.807, 2.05) is 6.07 Å². The summed E-state index contributed by atoms with van der Waals surface area (Å²) in [6.07, 6.45) is 19.9. The van der Waals surface area contributed by atoms with Crippen molar-refractivity contribution in [2.45, 2.75) is 18.8 Å². The van der Waals surface area contributed by atoms with E-state index in [4.69, 9.17) is 9.15 Å². The van der Waals surface area contributed by atoms with Crippen LogP contribution in [0.5, 0.6) is 5.75 Å². The van der Waals surface area contributed by atoms with Crippen molar-refractivity contribution in [2.75, 3.05) is 0 Å². The molecule has 1 aliphatic heterocycles. The van der Waals surface area contributed by atoms with E-state index in [9.17, 15) is 0 Å². The number of ether oxygens (including phenoxy) is 1. The van der Waals surface area contributed by atoms with Crippen molar-refractivity contribution in [1.29, 1.82) is 0 Å². The lowest BCUT2D eigenvalue weighted by molar-refractivity contribution is 0.427. The van der Waals surface area contributed by atoms with Gasteiger partial charge >= 0.3 is 0 Å². The van der Waals surface area contributed by atoms with Gasteiger partial charge in [-0.25, -0.2) is 0 Å². The molecule has 2 heteroatoms. The fourth-order valence-corrected chi connectivity index (χ4v) is 9.60. The molecule has 1 aromatic heterocycles. The molecular formula is C52H34O2. The first-order chi connectivity index (χ1) is 26.7. The molecule has 254 valence electrons. The Bertz CT molecular complexity index is 3060. The summed E-state index contributed by atoms with van der Waals surface area (Å²) >= 11 is 0. The Morgan fingerprint density at radius 3 is 2.02 bits per heavy atom. The van der Waals surface area contributed by atoms with Gasteiger partial charge in [-0.15, -0.1) is 0 Å². The van der Waals surface area contributed by atoms with Gasteiger partial charge in [0.25, 0.3) is 0 Å². The predicted molar refractivity (Wildman–Crippen MR) is 225 cm³/mol. The van der Waals surface area contributed by atoms with Crippen molar-refractivity contribution in [3.63, 3.8) is 0 Å². The second kappa shape index (κ2) is 11.4. The number of fused-ring (bicyclic) bond motifs is 11. The van der Waals surface area contributed by atoms with Crippen LogP contribution in [0.15, 0.2) is 186 Å². The lowest BCUT2D eigenvalue weighted by Gasteiger charge is -2.25. The molecule has 7 aromatic carbocycles. The highest BCUT2D eigenvalue weighted by Gasteiger charge is 2.33. The number of hydrogen-bond donors (Lipinski definition) is 0. The largest absolute Gasteiger partial charge is 0.461 e. The van der Waals surface area contributed by atoms with Crippen molar-refractivity contribution >= 4 is 65.4 Å². The Morgan fingerprint density at radius 2 is 1.22 bits per heavy atom. The van der Waals surface area contributed by atoms with E-state index in [0.29, 0.717) is 5.92 Å². The Kier molecular flexibility index (Phi) is 6.32. The van der Waals surface area contributed by atoms with E-state index in [-0.39, 0.29) is 5.92 Å². The molecule has 0 N–H and O–H groups in total. The van der Waals surface area contributed by atoms with Gasteiger partial charge in [0.2, 0.25) is 0 Å². The first-order valence-corrected chi connectivity index (χ1v) is 19.0. The number of furan rings is 1. The van der Waals surface area contributed by atoms with Gasteiger partial charge in [-0.3, -0.25) is 0 Å². The second-order valence-corrected chi connectivity index (χ2v) is 15.1. The molecule has 0 radical (unpaired) electrons. The summed E-state index contributed by atoms with van der Waals surface area (Å²) in [5.74, 6) is 2.57. The summed E-state index contributed by atoms with van der Waals surface area (Å²) in [6, 6.07) is 44.4. The van der Waals surface area contributed by atoms with Crippen LogP contribution < -0.4 is 4.74 Å². The van der Waals surface area contributed by atoms with E-state index in [0.717, 1.165) is 57.1 Å². The van der Waals surface area contributed by atoms with E-state index in [1.54, 1.807) is 0 Å². The maximum atomic E-state index is 6.48. The first kappa shape index (κ1) is 29.9. The van der Waals surface area contributed by atoms with Crippen LogP contribution >= 0.6 is 0 Å². The van der Waals surface area contributed by atoms with Gasteiger partial charge in [0.1, 0.15) is 22.7 Å². The zero-order valence-electron chi connectivity index (χ0n) is 29.6. The SMILES string of the molecule is C1=CC2=CC=C(c3c4ccccc4c(-c4ccc(C5=CC=C6Oc7cc8ccc9c%10ccccc%10oc9c8cc7C6C5)cc4)c4ccccc34)CC2C=C1. The number of hydrogen-bond acceptors (Lipinski definition) is 2.